The van der Waals surface area contributed by atoms with E-state index in [-0.39, 0.29) is 45.3 Å². The van der Waals surface area contributed by atoms with E-state index in [1.807, 2.05) is 0 Å². The zero-order valence-electron chi connectivity index (χ0n) is 12.4. The Morgan fingerprint density at radius 1 is 1.42 bits per heavy atom. The SMILES string of the molecule is CC1CN(C(=O)O)CCN1c1nc(F)nc2c(F)c(Br)c(Cl)cc12. The summed E-state index contributed by atoms with van der Waals surface area (Å²) >= 11 is 9.01. The lowest BCUT2D eigenvalue weighted by molar-refractivity contribution is 0.136. The molecule has 3 rings (SSSR count). The molecule has 6 nitrogen and oxygen atoms in total. The van der Waals surface area contributed by atoms with Gasteiger partial charge in [-0.2, -0.15) is 14.4 Å². The van der Waals surface area contributed by atoms with Crippen molar-refractivity contribution in [3.63, 3.8) is 0 Å². The average molecular weight is 422 g/mol. The lowest BCUT2D eigenvalue weighted by Gasteiger charge is -2.39. The molecule has 128 valence electrons. The van der Waals surface area contributed by atoms with Gasteiger partial charge in [-0.25, -0.2) is 9.18 Å². The summed E-state index contributed by atoms with van der Waals surface area (Å²) in [5.74, 6) is -0.569. The first-order chi connectivity index (χ1) is 11.3. The second-order valence-electron chi connectivity index (χ2n) is 5.47. The molecule has 1 fully saturated rings. The van der Waals surface area contributed by atoms with Crippen molar-refractivity contribution < 1.29 is 18.7 Å². The number of hydrogen-bond donors (Lipinski definition) is 1. The Hall–Kier alpha value is -1.74. The molecule has 1 unspecified atom stereocenters. The molecule has 0 saturated carbocycles. The Morgan fingerprint density at radius 3 is 2.75 bits per heavy atom. The van der Waals surface area contributed by atoms with Crippen molar-refractivity contribution >= 4 is 50.3 Å². The van der Waals surface area contributed by atoms with Gasteiger partial charge in [0.05, 0.1) is 9.50 Å². The van der Waals surface area contributed by atoms with E-state index in [1.165, 1.54) is 11.0 Å². The van der Waals surface area contributed by atoms with Gasteiger partial charge in [0.25, 0.3) is 0 Å². The second kappa shape index (κ2) is 6.29. The van der Waals surface area contributed by atoms with E-state index in [0.717, 1.165) is 0 Å². The van der Waals surface area contributed by atoms with Crippen molar-refractivity contribution in [2.24, 2.45) is 0 Å². The zero-order valence-corrected chi connectivity index (χ0v) is 14.8. The number of piperazine rings is 1. The van der Waals surface area contributed by atoms with E-state index in [0.29, 0.717) is 6.54 Å². The summed E-state index contributed by atoms with van der Waals surface area (Å²) in [5.41, 5.74) is -0.179. The molecule has 2 aromatic rings. The number of fused-ring (bicyclic) bond motifs is 1. The first kappa shape index (κ1) is 17.1. The van der Waals surface area contributed by atoms with Gasteiger partial charge >= 0.3 is 12.2 Å². The summed E-state index contributed by atoms with van der Waals surface area (Å²) in [5, 5.41) is 9.48. The van der Waals surface area contributed by atoms with E-state index >= 15 is 0 Å². The van der Waals surface area contributed by atoms with Crippen LogP contribution in [0.2, 0.25) is 5.02 Å². The number of carbonyl (C=O) groups is 1. The van der Waals surface area contributed by atoms with Crippen LogP contribution in [0.3, 0.4) is 0 Å². The van der Waals surface area contributed by atoms with Crippen LogP contribution in [0.25, 0.3) is 10.9 Å². The predicted octanol–water partition coefficient (Wildman–Crippen LogP) is 3.51. The van der Waals surface area contributed by atoms with Crippen LogP contribution in [0, 0.1) is 11.9 Å². The number of nitrogens with zero attached hydrogens (tertiary/aromatic N) is 4. The van der Waals surface area contributed by atoms with Crippen LogP contribution in [0.4, 0.5) is 19.4 Å². The predicted molar refractivity (Wildman–Crippen MR) is 88.6 cm³/mol. The molecule has 1 aromatic carbocycles. The number of benzene rings is 1. The van der Waals surface area contributed by atoms with Gasteiger partial charge in [0.1, 0.15) is 11.3 Å². The lowest BCUT2D eigenvalue weighted by atomic mass is 10.1. The highest BCUT2D eigenvalue weighted by Gasteiger charge is 2.29. The summed E-state index contributed by atoms with van der Waals surface area (Å²) in [6, 6.07) is 1.20. The molecule has 24 heavy (non-hydrogen) atoms. The lowest BCUT2D eigenvalue weighted by Crippen LogP contribution is -2.53. The Labute approximate surface area is 149 Å². The Bertz CT molecular complexity index is 838. The van der Waals surface area contributed by atoms with Crippen molar-refractivity contribution in [3.8, 4) is 0 Å². The van der Waals surface area contributed by atoms with Crippen molar-refractivity contribution in [1.29, 1.82) is 0 Å². The molecule has 1 aliphatic heterocycles. The van der Waals surface area contributed by atoms with Gasteiger partial charge in [-0.05, 0) is 28.9 Å². The van der Waals surface area contributed by atoms with Gasteiger partial charge in [-0.3, -0.25) is 0 Å². The molecule has 1 aliphatic rings. The minimum Gasteiger partial charge on any atom is -0.465 e. The fourth-order valence-corrected chi connectivity index (χ4v) is 3.29. The van der Waals surface area contributed by atoms with E-state index < -0.39 is 18.0 Å². The molecule has 1 saturated heterocycles. The average Bonchev–Trinajstić information content (AvgIpc) is 2.53. The number of hydrogen-bond acceptors (Lipinski definition) is 4. The van der Waals surface area contributed by atoms with Crippen molar-refractivity contribution in [3.05, 3.63) is 27.5 Å². The number of amides is 1. The van der Waals surface area contributed by atoms with Crippen LogP contribution in [0.1, 0.15) is 6.92 Å². The van der Waals surface area contributed by atoms with Gasteiger partial charge in [-0.15, -0.1) is 0 Å². The highest BCUT2D eigenvalue weighted by molar-refractivity contribution is 9.10. The number of rotatable bonds is 1. The molecule has 0 spiro atoms. The molecule has 0 bridgehead atoms. The van der Waals surface area contributed by atoms with Crippen LogP contribution in [-0.2, 0) is 0 Å². The monoisotopic (exact) mass is 420 g/mol. The maximum atomic E-state index is 14.4. The number of carboxylic acid groups (broad SMARTS) is 1. The Morgan fingerprint density at radius 2 is 2.12 bits per heavy atom. The van der Waals surface area contributed by atoms with Gasteiger partial charge in [0.15, 0.2) is 5.82 Å². The minimum absolute atomic E-state index is 0.00413. The van der Waals surface area contributed by atoms with Crippen molar-refractivity contribution in [1.82, 2.24) is 14.9 Å². The molecule has 1 N–H and O–H groups in total. The highest BCUT2D eigenvalue weighted by atomic mass is 79.9. The standard InChI is InChI=1S/C14H12BrClF2N4O2/c1-6-5-21(14(23)24)2-3-22(6)12-7-4-8(16)9(15)10(17)11(7)19-13(18)20-12/h4,6H,2-3,5H2,1H3,(H,23,24). The fraction of sp³-hybridized carbons (Fsp3) is 0.357. The highest BCUT2D eigenvalue weighted by Crippen LogP contribution is 2.35. The van der Waals surface area contributed by atoms with Gasteiger partial charge in [-0.1, -0.05) is 11.6 Å². The van der Waals surface area contributed by atoms with Gasteiger partial charge in [0.2, 0.25) is 0 Å². The Kier molecular flexibility index (Phi) is 4.48. The summed E-state index contributed by atoms with van der Waals surface area (Å²) in [6.07, 6.45) is -2.07. The summed E-state index contributed by atoms with van der Waals surface area (Å²) in [4.78, 5) is 21.4. The van der Waals surface area contributed by atoms with Gasteiger partial charge < -0.3 is 14.9 Å². The van der Waals surface area contributed by atoms with Crippen molar-refractivity contribution in [2.45, 2.75) is 13.0 Å². The molecule has 10 heteroatoms. The van der Waals surface area contributed by atoms with Crippen LogP contribution < -0.4 is 4.90 Å². The van der Waals surface area contributed by atoms with E-state index in [4.69, 9.17) is 16.7 Å². The van der Waals surface area contributed by atoms with Crippen LogP contribution in [0.15, 0.2) is 10.5 Å². The molecular formula is C14H12BrClF2N4O2. The molecule has 0 radical (unpaired) electrons. The second-order valence-corrected chi connectivity index (χ2v) is 6.67. The van der Waals surface area contributed by atoms with E-state index in [1.54, 1.807) is 11.8 Å². The largest absolute Gasteiger partial charge is 0.465 e. The molecule has 0 aliphatic carbocycles. The number of halogens is 4. The maximum absolute atomic E-state index is 14.4. The summed E-state index contributed by atoms with van der Waals surface area (Å²) in [6.45, 7) is 2.56. The molecule has 2 heterocycles. The number of aromatic nitrogens is 2. The third-order valence-electron chi connectivity index (χ3n) is 3.95. The van der Waals surface area contributed by atoms with Crippen LogP contribution in [-0.4, -0.2) is 51.7 Å². The van der Waals surface area contributed by atoms with Crippen molar-refractivity contribution in [2.75, 3.05) is 24.5 Å². The third-order valence-corrected chi connectivity index (χ3v) is 5.25. The first-order valence-electron chi connectivity index (χ1n) is 7.05. The van der Waals surface area contributed by atoms with E-state index in [2.05, 4.69) is 25.9 Å². The van der Waals surface area contributed by atoms with Crippen LogP contribution >= 0.6 is 27.5 Å². The van der Waals surface area contributed by atoms with Crippen LogP contribution in [0.5, 0.6) is 0 Å². The molecule has 1 aromatic heterocycles. The first-order valence-corrected chi connectivity index (χ1v) is 8.22. The summed E-state index contributed by atoms with van der Waals surface area (Å²) in [7, 11) is 0. The minimum atomic E-state index is -1.06. The van der Waals surface area contributed by atoms with Gasteiger partial charge in [0, 0.05) is 31.1 Å². The normalized spacial score (nSPS) is 18.3. The topological polar surface area (TPSA) is 69.6 Å². The maximum Gasteiger partial charge on any atom is 0.407 e. The number of anilines is 1. The quantitative estimate of drug-likeness (QED) is 0.564. The molecule has 1 amide bonds. The summed E-state index contributed by atoms with van der Waals surface area (Å²) < 4.78 is 28.2. The third kappa shape index (κ3) is 2.86. The smallest absolute Gasteiger partial charge is 0.407 e. The fourth-order valence-electron chi connectivity index (χ4n) is 2.80. The Balaban J connectivity index is 2.11. The zero-order chi connectivity index (χ0) is 17.6. The van der Waals surface area contributed by atoms with E-state index in [9.17, 15) is 13.6 Å². The molecule has 1 atom stereocenters. The molecular weight excluding hydrogens is 410 g/mol.